The SMILES string of the molecule is Cc1ccccc1C(=O)NOC(=O)c1cc2ccccc2cc1O. The number of phenolic OH excluding ortho intramolecular Hbond substituents is 1. The fourth-order valence-corrected chi connectivity index (χ4v) is 2.42. The van der Waals surface area contributed by atoms with Crippen LogP contribution >= 0.6 is 0 Å². The zero-order valence-electron chi connectivity index (χ0n) is 12.9. The highest BCUT2D eigenvalue weighted by Gasteiger charge is 2.16. The number of carbonyl (C=O) groups excluding carboxylic acids is 2. The summed E-state index contributed by atoms with van der Waals surface area (Å²) in [6.07, 6.45) is 0. The van der Waals surface area contributed by atoms with Crippen molar-refractivity contribution in [1.29, 1.82) is 0 Å². The molecule has 120 valence electrons. The minimum absolute atomic E-state index is 0.0150. The zero-order chi connectivity index (χ0) is 17.1. The molecule has 0 saturated carbocycles. The molecule has 0 fully saturated rings. The van der Waals surface area contributed by atoms with Crippen molar-refractivity contribution in [2.45, 2.75) is 6.92 Å². The summed E-state index contributed by atoms with van der Waals surface area (Å²) >= 11 is 0. The lowest BCUT2D eigenvalue weighted by atomic mass is 10.1. The molecule has 0 aliphatic rings. The molecular formula is C19H15NO4. The minimum Gasteiger partial charge on any atom is -0.507 e. The summed E-state index contributed by atoms with van der Waals surface area (Å²) in [7, 11) is 0. The van der Waals surface area contributed by atoms with Gasteiger partial charge in [-0.1, -0.05) is 42.5 Å². The van der Waals surface area contributed by atoms with E-state index in [2.05, 4.69) is 5.48 Å². The van der Waals surface area contributed by atoms with E-state index in [0.717, 1.165) is 16.3 Å². The third-order valence-corrected chi connectivity index (χ3v) is 3.71. The maximum absolute atomic E-state index is 12.1. The van der Waals surface area contributed by atoms with E-state index in [1.165, 1.54) is 12.1 Å². The summed E-state index contributed by atoms with van der Waals surface area (Å²) < 4.78 is 0. The number of aryl methyl sites for hydroxylation is 1. The van der Waals surface area contributed by atoms with Crippen molar-refractivity contribution in [2.24, 2.45) is 0 Å². The van der Waals surface area contributed by atoms with Gasteiger partial charge in [-0.05, 0) is 41.5 Å². The zero-order valence-corrected chi connectivity index (χ0v) is 12.9. The molecule has 0 radical (unpaired) electrons. The summed E-state index contributed by atoms with van der Waals surface area (Å²) in [4.78, 5) is 29.0. The predicted molar refractivity (Wildman–Crippen MR) is 89.7 cm³/mol. The van der Waals surface area contributed by atoms with Gasteiger partial charge in [-0.2, -0.15) is 5.48 Å². The smallest absolute Gasteiger partial charge is 0.366 e. The highest BCUT2D eigenvalue weighted by Crippen LogP contribution is 2.25. The van der Waals surface area contributed by atoms with Crippen LogP contribution in [-0.2, 0) is 4.84 Å². The number of hydrogen-bond acceptors (Lipinski definition) is 4. The molecule has 3 aromatic rings. The Morgan fingerprint density at radius 1 is 0.917 bits per heavy atom. The van der Waals surface area contributed by atoms with Crippen LogP contribution in [0.15, 0.2) is 60.7 Å². The average molecular weight is 321 g/mol. The Balaban J connectivity index is 1.77. The van der Waals surface area contributed by atoms with Crippen molar-refractivity contribution < 1.29 is 19.5 Å². The molecule has 5 nitrogen and oxygen atoms in total. The second-order valence-corrected chi connectivity index (χ2v) is 5.35. The van der Waals surface area contributed by atoms with Crippen molar-refractivity contribution in [3.8, 4) is 5.75 Å². The molecule has 3 aromatic carbocycles. The van der Waals surface area contributed by atoms with E-state index in [0.29, 0.717) is 5.56 Å². The quantitative estimate of drug-likeness (QED) is 0.710. The molecule has 0 unspecified atom stereocenters. The van der Waals surface area contributed by atoms with Crippen LogP contribution in [-0.4, -0.2) is 17.0 Å². The van der Waals surface area contributed by atoms with E-state index in [1.807, 2.05) is 30.3 Å². The van der Waals surface area contributed by atoms with Crippen molar-refractivity contribution in [2.75, 3.05) is 0 Å². The van der Waals surface area contributed by atoms with E-state index >= 15 is 0 Å². The van der Waals surface area contributed by atoms with Gasteiger partial charge in [0.2, 0.25) is 0 Å². The van der Waals surface area contributed by atoms with Crippen LogP contribution in [0, 0.1) is 6.92 Å². The fourth-order valence-electron chi connectivity index (χ4n) is 2.42. The standard InChI is InChI=1S/C19H15NO4/c1-12-6-2-5-9-15(12)18(22)20-24-19(23)16-10-13-7-3-4-8-14(13)11-17(16)21/h2-11,21H,1H3,(H,20,22). The van der Waals surface area contributed by atoms with Crippen LogP contribution in [0.3, 0.4) is 0 Å². The molecule has 0 aliphatic carbocycles. The topological polar surface area (TPSA) is 75.6 Å². The third-order valence-electron chi connectivity index (χ3n) is 3.71. The number of benzene rings is 3. The monoisotopic (exact) mass is 321 g/mol. The minimum atomic E-state index is -0.833. The molecule has 24 heavy (non-hydrogen) atoms. The number of hydroxylamine groups is 1. The van der Waals surface area contributed by atoms with Gasteiger partial charge in [0.25, 0.3) is 5.91 Å². The molecule has 0 heterocycles. The van der Waals surface area contributed by atoms with Gasteiger partial charge >= 0.3 is 5.97 Å². The van der Waals surface area contributed by atoms with Gasteiger partial charge in [0, 0.05) is 5.56 Å². The summed E-state index contributed by atoms with van der Waals surface area (Å²) in [5.41, 5.74) is 3.27. The lowest BCUT2D eigenvalue weighted by molar-refractivity contribution is 0.0227. The normalized spacial score (nSPS) is 10.4. The fraction of sp³-hybridized carbons (Fsp3) is 0.0526. The largest absolute Gasteiger partial charge is 0.507 e. The first-order valence-electron chi connectivity index (χ1n) is 7.35. The highest BCUT2D eigenvalue weighted by molar-refractivity contribution is 6.00. The van der Waals surface area contributed by atoms with Gasteiger partial charge in [-0.25, -0.2) is 4.79 Å². The van der Waals surface area contributed by atoms with E-state index in [-0.39, 0.29) is 11.3 Å². The number of carbonyl (C=O) groups is 2. The summed E-state index contributed by atoms with van der Waals surface area (Å²) in [6.45, 7) is 1.78. The molecule has 0 atom stereocenters. The number of amides is 1. The molecule has 0 bridgehead atoms. The number of phenols is 1. The van der Waals surface area contributed by atoms with Gasteiger partial charge in [-0.15, -0.1) is 0 Å². The maximum Gasteiger partial charge on any atom is 0.366 e. The first-order chi connectivity index (χ1) is 11.6. The Labute approximate surface area is 138 Å². The van der Waals surface area contributed by atoms with Gasteiger partial charge in [0.1, 0.15) is 11.3 Å². The molecule has 0 aliphatic heterocycles. The second-order valence-electron chi connectivity index (χ2n) is 5.35. The van der Waals surface area contributed by atoms with E-state index in [4.69, 9.17) is 4.84 Å². The molecular weight excluding hydrogens is 306 g/mol. The van der Waals surface area contributed by atoms with Crippen LogP contribution in [0.1, 0.15) is 26.3 Å². The Morgan fingerprint density at radius 2 is 1.54 bits per heavy atom. The molecule has 2 N–H and O–H groups in total. The van der Waals surface area contributed by atoms with Crippen molar-refractivity contribution in [1.82, 2.24) is 5.48 Å². The average Bonchev–Trinajstić information content (AvgIpc) is 2.59. The van der Waals surface area contributed by atoms with E-state index in [9.17, 15) is 14.7 Å². The maximum atomic E-state index is 12.1. The molecule has 0 aromatic heterocycles. The Bertz CT molecular complexity index is 934. The Hall–Kier alpha value is -3.34. The lowest BCUT2D eigenvalue weighted by Crippen LogP contribution is -2.27. The van der Waals surface area contributed by atoms with Crippen LogP contribution in [0.2, 0.25) is 0 Å². The Kier molecular flexibility index (Phi) is 4.16. The first kappa shape index (κ1) is 15.6. The van der Waals surface area contributed by atoms with Gasteiger partial charge in [0.05, 0.1) is 0 Å². The van der Waals surface area contributed by atoms with E-state index < -0.39 is 11.9 Å². The molecule has 5 heteroatoms. The number of fused-ring (bicyclic) bond motifs is 1. The van der Waals surface area contributed by atoms with Gasteiger partial charge in [-0.3, -0.25) is 4.79 Å². The molecule has 0 saturated heterocycles. The predicted octanol–water partition coefficient (Wildman–Crippen LogP) is 3.36. The molecule has 0 spiro atoms. The summed E-state index contributed by atoms with van der Waals surface area (Å²) in [6, 6.07) is 17.3. The number of hydrogen-bond donors (Lipinski definition) is 2. The molecule has 3 rings (SSSR count). The number of rotatable bonds is 2. The van der Waals surface area contributed by atoms with E-state index in [1.54, 1.807) is 25.1 Å². The van der Waals surface area contributed by atoms with Crippen molar-refractivity contribution in [3.05, 3.63) is 77.4 Å². The molecule has 1 amide bonds. The van der Waals surface area contributed by atoms with Gasteiger partial charge in [0.15, 0.2) is 0 Å². The van der Waals surface area contributed by atoms with Crippen molar-refractivity contribution in [3.63, 3.8) is 0 Å². The third kappa shape index (κ3) is 3.05. The first-order valence-corrected chi connectivity index (χ1v) is 7.35. The van der Waals surface area contributed by atoms with Crippen LogP contribution < -0.4 is 5.48 Å². The highest BCUT2D eigenvalue weighted by atomic mass is 16.7. The second kappa shape index (κ2) is 6.42. The van der Waals surface area contributed by atoms with Crippen LogP contribution in [0.5, 0.6) is 5.75 Å². The lowest BCUT2D eigenvalue weighted by Gasteiger charge is -2.09. The summed E-state index contributed by atoms with van der Waals surface area (Å²) in [5.74, 6) is -1.56. The Morgan fingerprint density at radius 3 is 2.25 bits per heavy atom. The summed E-state index contributed by atoms with van der Waals surface area (Å²) in [5, 5.41) is 11.6. The number of aromatic hydroxyl groups is 1. The number of nitrogens with one attached hydrogen (secondary N) is 1. The van der Waals surface area contributed by atoms with Gasteiger partial charge < -0.3 is 9.94 Å². The van der Waals surface area contributed by atoms with Crippen molar-refractivity contribution >= 4 is 22.6 Å². The van der Waals surface area contributed by atoms with Crippen LogP contribution in [0.25, 0.3) is 10.8 Å². The van der Waals surface area contributed by atoms with Crippen LogP contribution in [0.4, 0.5) is 0 Å².